The molecule has 4 heteroatoms. The third-order valence-electron chi connectivity index (χ3n) is 4.24. The summed E-state index contributed by atoms with van der Waals surface area (Å²) in [6.45, 7) is 2.03. The Kier molecular flexibility index (Phi) is 4.35. The normalized spacial score (nSPS) is 10.8. The highest BCUT2D eigenvalue weighted by Crippen LogP contribution is 2.37. The van der Waals surface area contributed by atoms with E-state index in [4.69, 9.17) is 4.74 Å². The second kappa shape index (κ2) is 6.81. The Morgan fingerprint density at radius 2 is 1.62 bits per heavy atom. The number of aromatic amines is 1. The van der Waals surface area contributed by atoms with E-state index in [1.54, 1.807) is 6.07 Å². The Hall–Kier alpha value is -2.85. The van der Waals surface area contributed by atoms with Gasteiger partial charge in [-0.3, -0.25) is 4.79 Å². The summed E-state index contributed by atoms with van der Waals surface area (Å²) in [6.07, 6.45) is 0. The van der Waals surface area contributed by atoms with E-state index in [0.717, 1.165) is 26.7 Å². The maximum Gasteiger partial charge on any atom is 0.256 e. The molecule has 3 nitrogen and oxygen atoms in total. The average molecular weight is 406 g/mol. The van der Waals surface area contributed by atoms with E-state index < -0.39 is 0 Å². The van der Waals surface area contributed by atoms with E-state index in [0.29, 0.717) is 16.8 Å². The van der Waals surface area contributed by atoms with E-state index in [1.165, 1.54) is 0 Å². The van der Waals surface area contributed by atoms with Gasteiger partial charge in [-0.1, -0.05) is 64.0 Å². The third-order valence-corrected chi connectivity index (χ3v) is 4.73. The Balaban J connectivity index is 1.98. The van der Waals surface area contributed by atoms with E-state index in [-0.39, 0.29) is 5.56 Å². The monoisotopic (exact) mass is 405 g/mol. The van der Waals surface area contributed by atoms with Crippen LogP contribution in [0.15, 0.2) is 82.1 Å². The van der Waals surface area contributed by atoms with E-state index in [2.05, 4.69) is 20.9 Å². The molecule has 0 aliphatic rings. The lowest BCUT2D eigenvalue weighted by Gasteiger charge is -2.14. The predicted molar refractivity (Wildman–Crippen MR) is 109 cm³/mol. The van der Waals surface area contributed by atoms with Crippen molar-refractivity contribution < 1.29 is 4.74 Å². The van der Waals surface area contributed by atoms with Crippen LogP contribution in [0.3, 0.4) is 0 Å². The number of hydrogen-bond acceptors (Lipinski definition) is 2. The quantitative estimate of drug-likeness (QED) is 0.450. The Labute approximate surface area is 159 Å². The summed E-state index contributed by atoms with van der Waals surface area (Å²) >= 11 is 3.49. The van der Waals surface area contributed by atoms with Crippen molar-refractivity contribution in [2.24, 2.45) is 0 Å². The predicted octanol–water partition coefficient (Wildman–Crippen LogP) is 6.06. The maximum absolute atomic E-state index is 12.6. The van der Waals surface area contributed by atoms with E-state index >= 15 is 0 Å². The molecule has 0 radical (unpaired) electrons. The van der Waals surface area contributed by atoms with Crippen molar-refractivity contribution >= 4 is 26.7 Å². The molecule has 26 heavy (non-hydrogen) atoms. The minimum Gasteiger partial charge on any atom is -0.455 e. The largest absolute Gasteiger partial charge is 0.455 e. The molecule has 0 aliphatic carbocycles. The van der Waals surface area contributed by atoms with Gasteiger partial charge in [-0.2, -0.15) is 0 Å². The fourth-order valence-corrected chi connectivity index (χ4v) is 3.33. The molecule has 0 aliphatic heterocycles. The number of hydrogen-bond donors (Lipinski definition) is 1. The number of pyridine rings is 1. The molecule has 0 bridgehead atoms. The van der Waals surface area contributed by atoms with Gasteiger partial charge in [0.25, 0.3) is 5.56 Å². The Morgan fingerprint density at radius 3 is 2.35 bits per heavy atom. The third kappa shape index (κ3) is 3.16. The van der Waals surface area contributed by atoms with Crippen molar-refractivity contribution in [2.75, 3.05) is 0 Å². The second-order valence-electron chi connectivity index (χ2n) is 6.13. The molecule has 0 saturated carbocycles. The molecule has 0 amide bonds. The minimum absolute atomic E-state index is 0.133. The van der Waals surface area contributed by atoms with Crippen LogP contribution in [0.5, 0.6) is 11.5 Å². The van der Waals surface area contributed by atoms with Crippen LogP contribution in [0.4, 0.5) is 0 Å². The summed E-state index contributed by atoms with van der Waals surface area (Å²) in [5.41, 5.74) is 2.57. The molecule has 0 saturated heterocycles. The van der Waals surface area contributed by atoms with Crippen LogP contribution >= 0.6 is 15.9 Å². The molecule has 4 rings (SSSR count). The number of nitrogens with one attached hydrogen (secondary N) is 1. The molecule has 0 spiro atoms. The van der Waals surface area contributed by atoms with Gasteiger partial charge >= 0.3 is 0 Å². The number of fused-ring (bicyclic) bond motifs is 1. The molecule has 128 valence electrons. The van der Waals surface area contributed by atoms with Crippen LogP contribution in [-0.4, -0.2) is 4.98 Å². The van der Waals surface area contributed by atoms with Crippen LogP contribution in [-0.2, 0) is 0 Å². The van der Waals surface area contributed by atoms with Gasteiger partial charge in [0, 0.05) is 15.4 Å². The summed E-state index contributed by atoms with van der Waals surface area (Å²) in [5.74, 6) is 1.37. The summed E-state index contributed by atoms with van der Waals surface area (Å²) in [4.78, 5) is 15.6. The van der Waals surface area contributed by atoms with Crippen LogP contribution < -0.4 is 10.3 Å². The van der Waals surface area contributed by atoms with Gasteiger partial charge in [0.15, 0.2) is 5.75 Å². The van der Waals surface area contributed by atoms with E-state index in [9.17, 15) is 4.79 Å². The molecule has 1 heterocycles. The van der Waals surface area contributed by atoms with Gasteiger partial charge in [-0.05, 0) is 37.3 Å². The highest BCUT2D eigenvalue weighted by molar-refractivity contribution is 9.10. The molecule has 0 atom stereocenters. The summed E-state index contributed by atoms with van der Waals surface area (Å²) in [7, 11) is 0. The fourth-order valence-electron chi connectivity index (χ4n) is 2.93. The van der Waals surface area contributed by atoms with Gasteiger partial charge in [-0.25, -0.2) is 0 Å². The number of ether oxygens (including phenoxy) is 1. The van der Waals surface area contributed by atoms with Gasteiger partial charge in [0.05, 0.1) is 11.1 Å². The van der Waals surface area contributed by atoms with Gasteiger partial charge < -0.3 is 9.72 Å². The molecule has 3 aromatic carbocycles. The highest BCUT2D eigenvalue weighted by Gasteiger charge is 2.15. The first-order valence-corrected chi connectivity index (χ1v) is 9.06. The van der Waals surface area contributed by atoms with Crippen molar-refractivity contribution in [1.82, 2.24) is 4.98 Å². The van der Waals surface area contributed by atoms with Crippen molar-refractivity contribution in [3.8, 4) is 22.8 Å². The van der Waals surface area contributed by atoms with Gasteiger partial charge in [0.2, 0.25) is 0 Å². The van der Waals surface area contributed by atoms with Crippen molar-refractivity contribution in [1.29, 1.82) is 0 Å². The number of aromatic nitrogens is 1. The lowest BCUT2D eigenvalue weighted by molar-refractivity contribution is 0.488. The first-order valence-electron chi connectivity index (χ1n) is 8.27. The smallest absolute Gasteiger partial charge is 0.256 e. The molecule has 4 aromatic rings. The Bertz CT molecular complexity index is 1150. The number of benzene rings is 3. The summed E-state index contributed by atoms with van der Waals surface area (Å²) in [5, 5.41) is 1.39. The topological polar surface area (TPSA) is 42.1 Å². The summed E-state index contributed by atoms with van der Waals surface area (Å²) in [6, 6.07) is 23.1. The number of H-pyrrole nitrogens is 1. The second-order valence-corrected chi connectivity index (χ2v) is 7.04. The van der Waals surface area contributed by atoms with E-state index in [1.807, 2.05) is 73.7 Å². The van der Waals surface area contributed by atoms with Crippen molar-refractivity contribution in [2.45, 2.75) is 6.92 Å². The standard InChI is InChI=1S/C22H16BrNO2/c1-14-9-11-17(12-10-14)26-21-18-7-2-3-8-19(18)22(25)24-20(21)15-5-4-6-16(23)13-15/h2-13H,1H3,(H,24,25). The zero-order chi connectivity index (χ0) is 18.1. The molecular weight excluding hydrogens is 390 g/mol. The maximum atomic E-state index is 12.6. The van der Waals surface area contributed by atoms with Gasteiger partial charge in [0.1, 0.15) is 5.75 Å². The van der Waals surface area contributed by atoms with Crippen LogP contribution in [0.25, 0.3) is 22.0 Å². The first-order chi connectivity index (χ1) is 12.6. The fraction of sp³-hybridized carbons (Fsp3) is 0.0455. The lowest BCUT2D eigenvalue weighted by atomic mass is 10.1. The number of rotatable bonds is 3. The van der Waals surface area contributed by atoms with Crippen molar-refractivity contribution in [3.05, 3.63) is 93.2 Å². The average Bonchev–Trinajstić information content (AvgIpc) is 2.65. The SMILES string of the molecule is Cc1ccc(Oc2c(-c3cccc(Br)c3)[nH]c(=O)c3ccccc23)cc1. The highest BCUT2D eigenvalue weighted by atomic mass is 79.9. The van der Waals surface area contributed by atoms with Crippen LogP contribution in [0.1, 0.15) is 5.56 Å². The zero-order valence-corrected chi connectivity index (χ0v) is 15.7. The minimum atomic E-state index is -0.133. The summed E-state index contributed by atoms with van der Waals surface area (Å²) < 4.78 is 7.18. The first kappa shape index (κ1) is 16.6. The van der Waals surface area contributed by atoms with Crippen LogP contribution in [0, 0.1) is 6.92 Å². The molecular formula is C22H16BrNO2. The number of halogens is 1. The number of aryl methyl sites for hydroxylation is 1. The Morgan fingerprint density at radius 1 is 0.885 bits per heavy atom. The zero-order valence-electron chi connectivity index (χ0n) is 14.1. The molecule has 1 N–H and O–H groups in total. The molecule has 0 unspecified atom stereocenters. The lowest BCUT2D eigenvalue weighted by Crippen LogP contribution is -2.09. The van der Waals surface area contributed by atoms with Crippen molar-refractivity contribution in [3.63, 3.8) is 0 Å². The van der Waals surface area contributed by atoms with Gasteiger partial charge in [-0.15, -0.1) is 0 Å². The molecule has 0 fully saturated rings. The molecule has 1 aromatic heterocycles. The van der Waals surface area contributed by atoms with Crippen LogP contribution in [0.2, 0.25) is 0 Å².